The molecule has 0 spiro atoms. The Morgan fingerprint density at radius 3 is 2.66 bits per heavy atom. The fourth-order valence-electron chi connectivity index (χ4n) is 4.92. The number of aromatic amines is 1. The van der Waals surface area contributed by atoms with Crippen LogP contribution in [0.25, 0.3) is 11.3 Å². The molecule has 0 saturated carbocycles. The van der Waals surface area contributed by atoms with E-state index in [1.54, 1.807) is 29.6 Å². The number of amides is 1. The minimum atomic E-state index is -2.72. The van der Waals surface area contributed by atoms with Crippen molar-refractivity contribution < 1.29 is 18.3 Å². The van der Waals surface area contributed by atoms with Crippen LogP contribution in [0.4, 0.5) is 20.2 Å². The molecule has 3 aromatic rings. The van der Waals surface area contributed by atoms with Gasteiger partial charge in [-0.05, 0) is 30.3 Å². The molecule has 2 saturated heterocycles. The Morgan fingerprint density at radius 1 is 1.03 bits per heavy atom. The number of H-pyrrole nitrogens is 1. The molecule has 2 aromatic carbocycles. The Labute approximate surface area is 226 Å². The summed E-state index contributed by atoms with van der Waals surface area (Å²) in [5.41, 5.74) is 3.10. The van der Waals surface area contributed by atoms with E-state index in [0.717, 1.165) is 49.6 Å². The zero-order valence-corrected chi connectivity index (χ0v) is 22.1. The maximum atomic E-state index is 13.4. The van der Waals surface area contributed by atoms with Gasteiger partial charge in [0.1, 0.15) is 0 Å². The number of anilines is 2. The maximum Gasteiger partial charge on any atom is 0.261 e. The number of fused-ring (bicyclic) bond motifs is 2. The highest BCUT2D eigenvalue weighted by Crippen LogP contribution is 2.52. The van der Waals surface area contributed by atoms with Crippen LogP contribution >= 0.6 is 23.5 Å². The van der Waals surface area contributed by atoms with Crippen LogP contribution in [0, 0.1) is 0 Å². The summed E-state index contributed by atoms with van der Waals surface area (Å²) in [7, 11) is 0. The van der Waals surface area contributed by atoms with E-state index in [-0.39, 0.29) is 37.5 Å². The molecule has 2 N–H and O–H groups in total. The zero-order chi connectivity index (χ0) is 26.3. The minimum absolute atomic E-state index is 0.0531. The first-order chi connectivity index (χ1) is 18.3. The van der Waals surface area contributed by atoms with Crippen molar-refractivity contribution in [3.05, 3.63) is 58.9 Å². The molecule has 11 heteroatoms. The summed E-state index contributed by atoms with van der Waals surface area (Å²) < 4.78 is 32.3. The van der Waals surface area contributed by atoms with Gasteiger partial charge in [0.2, 0.25) is 11.5 Å². The number of ether oxygens (including phenoxy) is 1. The number of hydrogen-bond acceptors (Lipinski definition) is 7. The molecule has 1 amide bonds. The van der Waals surface area contributed by atoms with Crippen molar-refractivity contribution in [3.8, 4) is 11.3 Å². The number of carbonyl (C=O) groups excluding carboxylic acids is 1. The molecule has 3 aliphatic heterocycles. The quantitative estimate of drug-likeness (QED) is 0.367. The second kappa shape index (κ2) is 10.4. The van der Waals surface area contributed by atoms with Crippen LogP contribution < -0.4 is 15.8 Å². The summed E-state index contributed by atoms with van der Waals surface area (Å²) in [6.45, 7) is 2.57. The van der Waals surface area contributed by atoms with Gasteiger partial charge in [0, 0.05) is 68.6 Å². The largest absolute Gasteiger partial charge is 0.378 e. The lowest BCUT2D eigenvalue weighted by molar-refractivity contribution is -0.117. The summed E-state index contributed by atoms with van der Waals surface area (Å²) in [6, 6.07) is 15.4. The summed E-state index contributed by atoms with van der Waals surface area (Å²) in [4.78, 5) is 35.8. The molecule has 4 heterocycles. The first-order valence-electron chi connectivity index (χ1n) is 12.4. The molecular weight excluding hydrogens is 530 g/mol. The number of pyridine rings is 1. The number of benzene rings is 2. The van der Waals surface area contributed by atoms with E-state index in [0.29, 0.717) is 18.9 Å². The molecule has 7 nitrogen and oxygen atoms in total. The molecule has 2 fully saturated rings. The molecular formula is C27H26F2N4O3S2. The number of nitrogens with one attached hydrogen (secondary N) is 2. The highest BCUT2D eigenvalue weighted by molar-refractivity contribution is 8.05. The number of rotatable bonds is 5. The van der Waals surface area contributed by atoms with Crippen molar-refractivity contribution in [3.63, 3.8) is 0 Å². The minimum Gasteiger partial charge on any atom is -0.378 e. The average Bonchev–Trinajstić information content (AvgIpc) is 3.24. The lowest BCUT2D eigenvalue weighted by Crippen LogP contribution is -2.36. The van der Waals surface area contributed by atoms with Gasteiger partial charge in [0.05, 0.1) is 32.0 Å². The first kappa shape index (κ1) is 25.4. The Kier molecular flexibility index (Phi) is 6.93. The fourth-order valence-corrected chi connectivity index (χ4v) is 7.33. The van der Waals surface area contributed by atoms with E-state index in [2.05, 4.69) is 15.2 Å². The lowest BCUT2D eigenvalue weighted by atomic mass is 10.1. The van der Waals surface area contributed by atoms with Crippen LogP contribution in [0.5, 0.6) is 0 Å². The van der Waals surface area contributed by atoms with Crippen LogP contribution in [0.1, 0.15) is 6.42 Å². The molecule has 38 heavy (non-hydrogen) atoms. The summed E-state index contributed by atoms with van der Waals surface area (Å²) in [6.07, 6.45) is -0.209. The van der Waals surface area contributed by atoms with E-state index in [9.17, 15) is 18.4 Å². The number of carbonyl (C=O) groups is 1. The van der Waals surface area contributed by atoms with E-state index in [1.807, 2.05) is 42.5 Å². The Balaban J connectivity index is 1.21. The van der Waals surface area contributed by atoms with E-state index >= 15 is 0 Å². The fraction of sp³-hybridized carbons (Fsp3) is 0.333. The summed E-state index contributed by atoms with van der Waals surface area (Å²) in [5.74, 6) is -3.02. The van der Waals surface area contributed by atoms with Gasteiger partial charge >= 0.3 is 0 Å². The van der Waals surface area contributed by atoms with Gasteiger partial charge in [-0.1, -0.05) is 35.7 Å². The van der Waals surface area contributed by atoms with Gasteiger partial charge in [0.25, 0.3) is 5.92 Å². The number of hydrogen-bond donors (Lipinski definition) is 2. The van der Waals surface area contributed by atoms with E-state index in [4.69, 9.17) is 4.74 Å². The molecule has 6 rings (SSSR count). The lowest BCUT2D eigenvalue weighted by Gasteiger charge is -2.29. The summed E-state index contributed by atoms with van der Waals surface area (Å²) in [5, 5.41) is 2.85. The smallest absolute Gasteiger partial charge is 0.261 e. The SMILES string of the molecule is O=C(CN1CCC(F)(F)C1)Nc1ccc2c(c1)Sc1cccc(-c3cc(N4CCOCC4)cc(=O)[nH]3)c1S2. The van der Waals surface area contributed by atoms with E-state index in [1.165, 1.54) is 4.90 Å². The number of alkyl halides is 2. The number of likely N-dealkylation sites (tertiary alicyclic amines) is 1. The summed E-state index contributed by atoms with van der Waals surface area (Å²) >= 11 is 3.23. The number of halogens is 2. The van der Waals surface area contributed by atoms with Crippen molar-refractivity contribution in [2.24, 2.45) is 0 Å². The molecule has 0 unspecified atom stereocenters. The van der Waals surface area contributed by atoms with E-state index < -0.39 is 5.92 Å². The number of morpholine rings is 1. The van der Waals surface area contributed by atoms with Crippen LogP contribution in [-0.4, -0.2) is 67.7 Å². The van der Waals surface area contributed by atoms with Gasteiger partial charge in [0.15, 0.2) is 0 Å². The van der Waals surface area contributed by atoms with Gasteiger partial charge in [-0.15, -0.1) is 0 Å². The predicted molar refractivity (Wildman–Crippen MR) is 145 cm³/mol. The van der Waals surface area contributed by atoms with Crippen molar-refractivity contribution in [2.45, 2.75) is 31.9 Å². The third kappa shape index (κ3) is 5.47. The van der Waals surface area contributed by atoms with Gasteiger partial charge in [-0.25, -0.2) is 8.78 Å². The molecule has 3 aliphatic rings. The van der Waals surface area contributed by atoms with Gasteiger partial charge < -0.3 is 19.9 Å². The van der Waals surface area contributed by atoms with Gasteiger partial charge in [-0.3, -0.25) is 14.5 Å². The zero-order valence-electron chi connectivity index (χ0n) is 20.5. The van der Waals surface area contributed by atoms with Crippen LogP contribution in [0.15, 0.2) is 72.9 Å². The Morgan fingerprint density at radius 2 is 1.87 bits per heavy atom. The van der Waals surface area contributed by atoms with Crippen molar-refractivity contribution >= 4 is 40.8 Å². The molecule has 0 atom stereocenters. The number of nitrogens with zero attached hydrogens (tertiary/aromatic N) is 2. The standard InChI is InChI=1S/C27H26F2N4O3S2/c28-27(29)6-7-32(16-27)15-25(35)30-17-4-5-21-23(12-17)37-22-3-1-2-19(26(22)38-21)20-13-18(14-24(34)31-20)33-8-10-36-11-9-33/h1-5,12-14H,6-11,15-16H2,(H,30,35)(H,31,34). The van der Waals surface area contributed by atoms with Crippen LogP contribution in [0.3, 0.4) is 0 Å². The molecule has 1 aromatic heterocycles. The Hall–Kier alpha value is -2.86. The number of aromatic nitrogens is 1. The van der Waals surface area contributed by atoms with Crippen LogP contribution in [0.2, 0.25) is 0 Å². The third-order valence-electron chi connectivity index (χ3n) is 6.75. The highest BCUT2D eigenvalue weighted by atomic mass is 32.2. The Bertz CT molecular complexity index is 1440. The van der Waals surface area contributed by atoms with Crippen molar-refractivity contribution in [1.82, 2.24) is 9.88 Å². The third-order valence-corrected chi connectivity index (χ3v) is 9.35. The maximum absolute atomic E-state index is 13.4. The monoisotopic (exact) mass is 556 g/mol. The highest BCUT2D eigenvalue weighted by Gasteiger charge is 2.38. The molecule has 0 bridgehead atoms. The van der Waals surface area contributed by atoms with Crippen LogP contribution in [-0.2, 0) is 9.53 Å². The normalized spacial score (nSPS) is 18.6. The molecule has 0 radical (unpaired) electrons. The first-order valence-corrected chi connectivity index (χ1v) is 14.1. The van der Waals surface area contributed by atoms with Gasteiger partial charge in [-0.2, -0.15) is 0 Å². The predicted octanol–water partition coefficient (Wildman–Crippen LogP) is 4.77. The average molecular weight is 557 g/mol. The second-order valence-electron chi connectivity index (χ2n) is 9.58. The molecule has 0 aliphatic carbocycles. The molecule has 198 valence electrons. The second-order valence-corrected chi connectivity index (χ2v) is 11.7. The topological polar surface area (TPSA) is 77.7 Å². The van der Waals surface area contributed by atoms with Crippen molar-refractivity contribution in [1.29, 1.82) is 0 Å². The van der Waals surface area contributed by atoms with Crippen molar-refractivity contribution in [2.75, 3.05) is 56.2 Å².